The second-order valence-electron chi connectivity index (χ2n) is 5.40. The van der Waals surface area contributed by atoms with Crippen LogP contribution in [-0.4, -0.2) is 30.8 Å². The summed E-state index contributed by atoms with van der Waals surface area (Å²) < 4.78 is 26.7. The number of sulfonamides is 1. The zero-order valence-corrected chi connectivity index (χ0v) is 15.8. The Labute approximate surface area is 160 Å². The molecular weight excluding hydrogens is 384 g/mol. The minimum absolute atomic E-state index is 0.00666. The normalized spacial score (nSPS) is 11.1. The summed E-state index contributed by atoms with van der Waals surface area (Å²) >= 11 is 1.28. The van der Waals surface area contributed by atoms with E-state index in [4.69, 9.17) is 0 Å². The Hall–Kier alpha value is -2.88. The van der Waals surface area contributed by atoms with Gasteiger partial charge in [0.15, 0.2) is 5.13 Å². The lowest BCUT2D eigenvalue weighted by molar-refractivity contribution is 0.102. The van der Waals surface area contributed by atoms with E-state index in [2.05, 4.69) is 26.6 Å². The molecule has 0 radical (unpaired) electrons. The van der Waals surface area contributed by atoms with Gasteiger partial charge < -0.3 is 0 Å². The van der Waals surface area contributed by atoms with Gasteiger partial charge in [0, 0.05) is 35.4 Å². The number of nitrogens with zero attached hydrogens (tertiary/aromatic N) is 2. The highest BCUT2D eigenvalue weighted by molar-refractivity contribution is 7.89. The van der Waals surface area contributed by atoms with Gasteiger partial charge >= 0.3 is 0 Å². The minimum Gasteiger partial charge on any atom is -0.298 e. The zero-order chi connectivity index (χ0) is 19.3. The largest absolute Gasteiger partial charge is 0.298 e. The highest BCUT2D eigenvalue weighted by Crippen LogP contribution is 2.24. The van der Waals surface area contributed by atoms with Gasteiger partial charge in [-0.3, -0.25) is 15.1 Å². The van der Waals surface area contributed by atoms with Gasteiger partial charge in [-0.2, -0.15) is 0 Å². The predicted molar refractivity (Wildman–Crippen MR) is 105 cm³/mol. The van der Waals surface area contributed by atoms with Gasteiger partial charge in [0.25, 0.3) is 5.91 Å². The predicted octanol–water partition coefficient (Wildman–Crippen LogP) is 2.92. The third-order valence-corrected chi connectivity index (χ3v) is 5.69. The van der Waals surface area contributed by atoms with Gasteiger partial charge in [-0.05, 0) is 30.3 Å². The molecule has 27 heavy (non-hydrogen) atoms. The van der Waals surface area contributed by atoms with E-state index in [1.807, 2.05) is 11.4 Å². The summed E-state index contributed by atoms with van der Waals surface area (Å²) in [7, 11) is -3.70. The molecule has 2 N–H and O–H groups in total. The number of nitrogens with one attached hydrogen (secondary N) is 2. The highest BCUT2D eigenvalue weighted by atomic mass is 32.2. The van der Waals surface area contributed by atoms with E-state index in [9.17, 15) is 13.2 Å². The number of hydrogen-bond donors (Lipinski definition) is 2. The van der Waals surface area contributed by atoms with Crippen molar-refractivity contribution in [3.8, 4) is 11.3 Å². The van der Waals surface area contributed by atoms with Crippen LogP contribution in [0.1, 0.15) is 10.4 Å². The smallest absolute Gasteiger partial charge is 0.257 e. The van der Waals surface area contributed by atoms with Crippen molar-refractivity contribution < 1.29 is 13.2 Å². The topological polar surface area (TPSA) is 101 Å². The summed E-state index contributed by atoms with van der Waals surface area (Å²) in [6, 6.07) is 9.47. The lowest BCUT2D eigenvalue weighted by atomic mass is 10.2. The Balaban J connectivity index is 1.76. The Morgan fingerprint density at radius 1 is 1.26 bits per heavy atom. The molecule has 138 valence electrons. The molecule has 9 heteroatoms. The van der Waals surface area contributed by atoms with E-state index < -0.39 is 15.9 Å². The molecule has 3 aromatic rings. The fourth-order valence-corrected chi connectivity index (χ4v) is 3.96. The quantitative estimate of drug-likeness (QED) is 0.594. The van der Waals surface area contributed by atoms with Crippen LogP contribution in [0.15, 0.2) is 71.7 Å². The number of anilines is 1. The maximum absolute atomic E-state index is 12.5. The monoisotopic (exact) mass is 400 g/mol. The first kappa shape index (κ1) is 18.9. The summed E-state index contributed by atoms with van der Waals surface area (Å²) in [5, 5.41) is 4.91. The number of amides is 1. The number of carbonyl (C=O) groups excluding carboxylic acids is 1. The number of rotatable bonds is 7. The van der Waals surface area contributed by atoms with Crippen molar-refractivity contribution in [1.82, 2.24) is 14.7 Å². The first-order valence-electron chi connectivity index (χ1n) is 7.87. The minimum atomic E-state index is -3.70. The molecule has 0 aliphatic heterocycles. The van der Waals surface area contributed by atoms with Crippen molar-refractivity contribution in [2.75, 3.05) is 11.9 Å². The molecule has 0 unspecified atom stereocenters. The zero-order valence-electron chi connectivity index (χ0n) is 14.1. The van der Waals surface area contributed by atoms with Crippen LogP contribution in [0.3, 0.4) is 0 Å². The summed E-state index contributed by atoms with van der Waals surface area (Å²) in [6.07, 6.45) is 4.80. The number of carbonyl (C=O) groups is 1. The Morgan fingerprint density at radius 3 is 2.85 bits per heavy atom. The molecule has 1 aromatic carbocycles. The molecule has 3 rings (SSSR count). The number of benzene rings is 1. The molecule has 2 aromatic heterocycles. The molecular formula is C18H16N4O3S2. The summed E-state index contributed by atoms with van der Waals surface area (Å²) in [5.41, 5.74) is 1.76. The SMILES string of the molecule is C=CCNS(=O)(=O)c1cccc(C(=O)Nc2nc(-c3cccnc3)cs2)c1. The van der Waals surface area contributed by atoms with Crippen LogP contribution in [0.2, 0.25) is 0 Å². The number of pyridine rings is 1. The first-order chi connectivity index (χ1) is 13.0. The van der Waals surface area contributed by atoms with Crippen molar-refractivity contribution in [1.29, 1.82) is 0 Å². The molecule has 0 aliphatic rings. The average Bonchev–Trinajstić information content (AvgIpc) is 3.16. The Bertz CT molecular complexity index is 1060. The lowest BCUT2D eigenvalue weighted by Gasteiger charge is -2.07. The Morgan fingerprint density at radius 2 is 2.11 bits per heavy atom. The van der Waals surface area contributed by atoms with Gasteiger partial charge in [0.05, 0.1) is 10.6 Å². The van der Waals surface area contributed by atoms with E-state index in [1.54, 1.807) is 18.5 Å². The van der Waals surface area contributed by atoms with Crippen LogP contribution in [0.25, 0.3) is 11.3 Å². The lowest BCUT2D eigenvalue weighted by Crippen LogP contribution is -2.24. The summed E-state index contributed by atoms with van der Waals surface area (Å²) in [6.45, 7) is 3.58. The van der Waals surface area contributed by atoms with E-state index in [-0.39, 0.29) is 17.0 Å². The molecule has 0 atom stereocenters. The third kappa shape index (κ3) is 4.64. The van der Waals surface area contributed by atoms with Gasteiger partial charge in [0.2, 0.25) is 10.0 Å². The number of thiazole rings is 1. The first-order valence-corrected chi connectivity index (χ1v) is 10.2. The molecule has 7 nitrogen and oxygen atoms in total. The van der Waals surface area contributed by atoms with Crippen molar-refractivity contribution in [3.63, 3.8) is 0 Å². The fourth-order valence-electron chi connectivity index (χ4n) is 2.20. The second-order valence-corrected chi connectivity index (χ2v) is 8.03. The molecule has 1 amide bonds. The molecule has 0 spiro atoms. The van der Waals surface area contributed by atoms with Crippen LogP contribution in [0.5, 0.6) is 0 Å². The van der Waals surface area contributed by atoms with Crippen LogP contribution >= 0.6 is 11.3 Å². The standard InChI is InChI=1S/C18H16N4O3S2/c1-2-8-20-27(24,25)15-7-3-5-13(10-15)17(23)22-18-21-16(12-26-18)14-6-4-9-19-11-14/h2-7,9-12,20H,1,8H2,(H,21,22,23). The highest BCUT2D eigenvalue weighted by Gasteiger charge is 2.16. The maximum Gasteiger partial charge on any atom is 0.257 e. The molecule has 2 heterocycles. The van der Waals surface area contributed by atoms with E-state index in [0.29, 0.717) is 10.8 Å². The van der Waals surface area contributed by atoms with Crippen LogP contribution in [0.4, 0.5) is 5.13 Å². The van der Waals surface area contributed by atoms with Crippen LogP contribution < -0.4 is 10.0 Å². The molecule has 0 bridgehead atoms. The van der Waals surface area contributed by atoms with Gasteiger partial charge in [-0.25, -0.2) is 18.1 Å². The van der Waals surface area contributed by atoms with Crippen LogP contribution in [0, 0.1) is 0 Å². The Kier molecular flexibility index (Phi) is 5.75. The van der Waals surface area contributed by atoms with E-state index in [0.717, 1.165) is 5.56 Å². The fraction of sp³-hybridized carbons (Fsp3) is 0.0556. The van der Waals surface area contributed by atoms with E-state index in [1.165, 1.54) is 41.7 Å². The molecule has 0 aliphatic carbocycles. The van der Waals surface area contributed by atoms with Crippen molar-refractivity contribution in [2.45, 2.75) is 4.90 Å². The van der Waals surface area contributed by atoms with E-state index >= 15 is 0 Å². The number of hydrogen-bond acceptors (Lipinski definition) is 6. The second kappa shape index (κ2) is 8.21. The van der Waals surface area contributed by atoms with Crippen molar-refractivity contribution >= 4 is 32.4 Å². The van der Waals surface area contributed by atoms with Crippen molar-refractivity contribution in [3.05, 3.63) is 72.4 Å². The molecule has 0 saturated carbocycles. The van der Waals surface area contributed by atoms with Gasteiger partial charge in [-0.1, -0.05) is 12.1 Å². The third-order valence-electron chi connectivity index (χ3n) is 3.51. The van der Waals surface area contributed by atoms with Crippen molar-refractivity contribution in [2.24, 2.45) is 0 Å². The summed E-state index contributed by atoms with van der Waals surface area (Å²) in [5.74, 6) is -0.442. The maximum atomic E-state index is 12.5. The molecule has 0 fully saturated rings. The molecule has 0 saturated heterocycles. The average molecular weight is 400 g/mol. The van der Waals surface area contributed by atoms with Gasteiger partial charge in [-0.15, -0.1) is 17.9 Å². The number of aromatic nitrogens is 2. The van der Waals surface area contributed by atoms with Gasteiger partial charge in [0.1, 0.15) is 0 Å². The van der Waals surface area contributed by atoms with Crippen LogP contribution in [-0.2, 0) is 10.0 Å². The summed E-state index contributed by atoms with van der Waals surface area (Å²) in [4.78, 5) is 20.9.